The smallest absolute Gasteiger partial charge is 0.124 e. The van der Waals surface area contributed by atoms with Crippen LogP contribution in [0.2, 0.25) is 0 Å². The number of aromatic hydroxyl groups is 2. The zero-order valence-corrected chi connectivity index (χ0v) is 12.0. The highest BCUT2D eigenvalue weighted by Crippen LogP contribution is 2.36. The highest BCUT2D eigenvalue weighted by atomic mass is 16.3. The van der Waals surface area contributed by atoms with E-state index in [4.69, 9.17) is 0 Å². The van der Waals surface area contributed by atoms with Gasteiger partial charge in [-0.1, -0.05) is 13.0 Å². The third kappa shape index (κ3) is 2.85. The highest BCUT2D eigenvalue weighted by molar-refractivity contribution is 5.45. The van der Waals surface area contributed by atoms with E-state index < -0.39 is 0 Å². The summed E-state index contributed by atoms with van der Waals surface area (Å²) in [4.78, 5) is 4.72. The molecule has 0 bridgehead atoms. The Labute approximate surface area is 115 Å². The fourth-order valence-electron chi connectivity index (χ4n) is 2.91. The predicted molar refractivity (Wildman–Crippen MR) is 76.5 cm³/mol. The number of likely N-dealkylation sites (N-methyl/N-ethyl adjacent to an activating group) is 1. The topological polar surface area (TPSA) is 46.9 Å². The van der Waals surface area contributed by atoms with E-state index in [-0.39, 0.29) is 17.5 Å². The van der Waals surface area contributed by atoms with E-state index in [1.807, 2.05) is 6.92 Å². The lowest BCUT2D eigenvalue weighted by Crippen LogP contribution is -2.51. The van der Waals surface area contributed by atoms with Crippen molar-refractivity contribution in [2.24, 2.45) is 0 Å². The van der Waals surface area contributed by atoms with Crippen LogP contribution < -0.4 is 0 Å². The van der Waals surface area contributed by atoms with Crippen LogP contribution in [-0.2, 0) is 0 Å². The third-order valence-corrected chi connectivity index (χ3v) is 4.31. The average Bonchev–Trinajstić information content (AvgIpc) is 2.39. The Kier molecular flexibility index (Phi) is 4.32. The number of phenolic OH excluding ortho intramolecular Hbond substituents is 2. The summed E-state index contributed by atoms with van der Waals surface area (Å²) in [6, 6.07) is 5.52. The lowest BCUT2D eigenvalue weighted by Gasteiger charge is -2.42. The van der Waals surface area contributed by atoms with E-state index in [0.717, 1.165) is 26.1 Å². The summed E-state index contributed by atoms with van der Waals surface area (Å²) >= 11 is 0. The molecule has 19 heavy (non-hydrogen) atoms. The Morgan fingerprint density at radius 2 is 1.89 bits per heavy atom. The van der Waals surface area contributed by atoms with Gasteiger partial charge >= 0.3 is 0 Å². The van der Waals surface area contributed by atoms with Gasteiger partial charge in [0, 0.05) is 31.7 Å². The SMILES string of the molecule is CCC1CN(C(C)c2c(O)cccc2O)CCN1C. The molecule has 4 heteroatoms. The lowest BCUT2D eigenvalue weighted by molar-refractivity contribution is 0.0660. The van der Waals surface area contributed by atoms with Crippen LogP contribution in [0, 0.1) is 0 Å². The molecule has 2 atom stereocenters. The van der Waals surface area contributed by atoms with Crippen LogP contribution in [0.3, 0.4) is 0 Å². The molecule has 0 spiro atoms. The lowest BCUT2D eigenvalue weighted by atomic mass is 10.0. The third-order valence-electron chi connectivity index (χ3n) is 4.31. The normalized spacial score (nSPS) is 23.4. The largest absolute Gasteiger partial charge is 0.507 e. The minimum absolute atomic E-state index is 0.0314. The molecule has 2 rings (SSSR count). The molecule has 1 aromatic carbocycles. The van der Waals surface area contributed by atoms with Gasteiger partial charge in [-0.05, 0) is 32.5 Å². The monoisotopic (exact) mass is 264 g/mol. The molecule has 0 amide bonds. The molecule has 4 nitrogen and oxygen atoms in total. The fraction of sp³-hybridized carbons (Fsp3) is 0.600. The van der Waals surface area contributed by atoms with Gasteiger partial charge in [-0.15, -0.1) is 0 Å². The second-order valence-corrected chi connectivity index (χ2v) is 5.42. The maximum absolute atomic E-state index is 9.97. The number of nitrogens with zero attached hydrogens (tertiary/aromatic N) is 2. The first-order valence-electron chi connectivity index (χ1n) is 6.99. The van der Waals surface area contributed by atoms with Gasteiger partial charge in [0.15, 0.2) is 0 Å². The van der Waals surface area contributed by atoms with Crippen molar-refractivity contribution in [2.45, 2.75) is 32.4 Å². The highest BCUT2D eigenvalue weighted by Gasteiger charge is 2.28. The standard InChI is InChI=1S/C15H24N2O2/c1-4-12-10-17(9-8-16(12)3)11(2)15-13(18)6-5-7-14(15)19/h5-7,11-12,18-19H,4,8-10H2,1-3H3. The second-order valence-electron chi connectivity index (χ2n) is 5.42. The Morgan fingerprint density at radius 3 is 2.47 bits per heavy atom. The molecule has 2 unspecified atom stereocenters. The van der Waals surface area contributed by atoms with Crippen LogP contribution in [-0.4, -0.2) is 52.7 Å². The second kappa shape index (κ2) is 5.80. The molecule has 1 fully saturated rings. The number of hydrogen-bond acceptors (Lipinski definition) is 4. The number of phenols is 2. The molecule has 0 aromatic heterocycles. The summed E-state index contributed by atoms with van der Waals surface area (Å²) in [6.45, 7) is 7.21. The quantitative estimate of drug-likeness (QED) is 0.878. The minimum Gasteiger partial charge on any atom is -0.507 e. The van der Waals surface area contributed by atoms with Crippen molar-refractivity contribution in [2.75, 3.05) is 26.7 Å². The van der Waals surface area contributed by atoms with E-state index in [1.54, 1.807) is 18.2 Å². The van der Waals surface area contributed by atoms with E-state index >= 15 is 0 Å². The van der Waals surface area contributed by atoms with Crippen molar-refractivity contribution >= 4 is 0 Å². The average molecular weight is 264 g/mol. The predicted octanol–water partition coefficient (Wildman–Crippen LogP) is 2.18. The van der Waals surface area contributed by atoms with Crippen molar-refractivity contribution in [1.29, 1.82) is 0 Å². The van der Waals surface area contributed by atoms with E-state index in [2.05, 4.69) is 23.8 Å². The van der Waals surface area contributed by atoms with Crippen LogP contribution in [0.4, 0.5) is 0 Å². The number of hydrogen-bond donors (Lipinski definition) is 2. The minimum atomic E-state index is 0.0314. The van der Waals surface area contributed by atoms with Gasteiger partial charge in [0.25, 0.3) is 0 Å². The van der Waals surface area contributed by atoms with E-state index in [9.17, 15) is 10.2 Å². The van der Waals surface area contributed by atoms with E-state index in [0.29, 0.717) is 11.6 Å². The summed E-state index contributed by atoms with van der Waals surface area (Å²) < 4.78 is 0. The van der Waals surface area contributed by atoms with Gasteiger partial charge in [0.2, 0.25) is 0 Å². The van der Waals surface area contributed by atoms with Crippen molar-refractivity contribution in [3.63, 3.8) is 0 Å². The van der Waals surface area contributed by atoms with Crippen LogP contribution >= 0.6 is 0 Å². The fourth-order valence-corrected chi connectivity index (χ4v) is 2.91. The Bertz CT molecular complexity index is 416. The molecule has 106 valence electrons. The number of rotatable bonds is 3. The maximum atomic E-state index is 9.97. The first-order valence-corrected chi connectivity index (χ1v) is 6.99. The first-order chi connectivity index (χ1) is 9.04. The van der Waals surface area contributed by atoms with Crippen molar-refractivity contribution < 1.29 is 10.2 Å². The van der Waals surface area contributed by atoms with Gasteiger partial charge in [-0.3, -0.25) is 4.90 Å². The molecule has 1 aliphatic heterocycles. The van der Waals surface area contributed by atoms with Gasteiger partial charge in [0.05, 0.1) is 5.56 Å². The summed E-state index contributed by atoms with van der Waals surface area (Å²) in [5, 5.41) is 19.9. The zero-order valence-electron chi connectivity index (χ0n) is 12.0. The summed E-state index contributed by atoms with van der Waals surface area (Å²) in [5.41, 5.74) is 0.641. The van der Waals surface area contributed by atoms with Crippen molar-refractivity contribution in [1.82, 2.24) is 9.80 Å². The molecular weight excluding hydrogens is 240 g/mol. The molecule has 1 saturated heterocycles. The summed E-state index contributed by atoms with van der Waals surface area (Å²) in [6.07, 6.45) is 1.12. The molecular formula is C15H24N2O2. The van der Waals surface area contributed by atoms with Gasteiger partial charge < -0.3 is 15.1 Å². The maximum Gasteiger partial charge on any atom is 0.124 e. The molecule has 1 aliphatic rings. The number of benzene rings is 1. The first kappa shape index (κ1) is 14.2. The summed E-state index contributed by atoms with van der Waals surface area (Å²) in [5.74, 6) is 0.360. The van der Waals surface area contributed by atoms with Crippen LogP contribution in [0.1, 0.15) is 31.9 Å². The molecule has 1 aromatic rings. The Hall–Kier alpha value is -1.26. The van der Waals surface area contributed by atoms with Crippen molar-refractivity contribution in [3.05, 3.63) is 23.8 Å². The Balaban J connectivity index is 2.18. The molecule has 2 N–H and O–H groups in total. The van der Waals surface area contributed by atoms with Crippen LogP contribution in [0.15, 0.2) is 18.2 Å². The zero-order chi connectivity index (χ0) is 14.0. The van der Waals surface area contributed by atoms with E-state index in [1.165, 1.54) is 0 Å². The van der Waals surface area contributed by atoms with Gasteiger partial charge in [-0.2, -0.15) is 0 Å². The molecule has 0 saturated carbocycles. The number of piperazine rings is 1. The van der Waals surface area contributed by atoms with Crippen molar-refractivity contribution in [3.8, 4) is 11.5 Å². The molecule has 0 radical (unpaired) electrons. The van der Waals surface area contributed by atoms with Gasteiger partial charge in [-0.25, -0.2) is 0 Å². The van der Waals surface area contributed by atoms with Crippen LogP contribution in [0.25, 0.3) is 0 Å². The molecule has 1 heterocycles. The molecule has 0 aliphatic carbocycles. The van der Waals surface area contributed by atoms with Crippen LogP contribution in [0.5, 0.6) is 11.5 Å². The summed E-state index contributed by atoms with van der Waals surface area (Å²) in [7, 11) is 2.16. The Morgan fingerprint density at radius 1 is 1.26 bits per heavy atom. The van der Waals surface area contributed by atoms with Gasteiger partial charge in [0.1, 0.15) is 11.5 Å².